The van der Waals surface area contributed by atoms with Crippen molar-refractivity contribution in [3.05, 3.63) is 34.9 Å². The molecule has 18 heavy (non-hydrogen) atoms. The third-order valence-corrected chi connectivity index (χ3v) is 3.81. The molecule has 3 nitrogen and oxygen atoms in total. The lowest BCUT2D eigenvalue weighted by atomic mass is 10.0. The average Bonchev–Trinajstić information content (AvgIpc) is 2.34. The maximum absolute atomic E-state index is 12.3. The summed E-state index contributed by atoms with van der Waals surface area (Å²) in [6.45, 7) is 1.44. The van der Waals surface area contributed by atoms with Crippen LogP contribution in [0.4, 0.5) is 0 Å². The topological polar surface area (TPSA) is 23.6 Å². The van der Waals surface area contributed by atoms with E-state index in [4.69, 9.17) is 11.6 Å². The van der Waals surface area contributed by atoms with Gasteiger partial charge in [0.1, 0.15) is 0 Å². The molecule has 1 amide bonds. The molecule has 0 radical (unpaired) electrons. The first-order chi connectivity index (χ1) is 8.59. The Morgan fingerprint density at radius 3 is 2.78 bits per heavy atom. The smallest absolute Gasteiger partial charge is 0.240 e. The molecule has 0 aromatic heterocycles. The standard InChI is InChI=1S/C14H19ClN2O/c1-16(2)13-8-5-9-17(14(13)18)10-11-6-3-4-7-12(11)15/h3-4,6-7,13H,5,8-10H2,1-2H3. The maximum Gasteiger partial charge on any atom is 0.240 e. The summed E-state index contributed by atoms with van der Waals surface area (Å²) in [5.74, 6) is 0.214. The Balaban J connectivity index is 2.10. The van der Waals surface area contributed by atoms with Crippen molar-refractivity contribution in [2.24, 2.45) is 0 Å². The van der Waals surface area contributed by atoms with Gasteiger partial charge in [0.2, 0.25) is 5.91 Å². The van der Waals surface area contributed by atoms with E-state index in [1.54, 1.807) is 0 Å². The molecule has 0 spiro atoms. The van der Waals surface area contributed by atoms with Crippen molar-refractivity contribution in [3.8, 4) is 0 Å². The zero-order chi connectivity index (χ0) is 13.1. The van der Waals surface area contributed by atoms with E-state index < -0.39 is 0 Å². The van der Waals surface area contributed by atoms with Gasteiger partial charge in [0.15, 0.2) is 0 Å². The molecule has 1 aromatic carbocycles. The fourth-order valence-corrected chi connectivity index (χ4v) is 2.58. The van der Waals surface area contributed by atoms with Crippen LogP contribution in [0.15, 0.2) is 24.3 Å². The van der Waals surface area contributed by atoms with Gasteiger partial charge in [0.05, 0.1) is 6.04 Å². The minimum absolute atomic E-state index is 0.0150. The third kappa shape index (κ3) is 2.85. The van der Waals surface area contributed by atoms with Crippen LogP contribution in [-0.4, -0.2) is 42.4 Å². The molecule has 1 aliphatic heterocycles. The Morgan fingerprint density at radius 1 is 1.39 bits per heavy atom. The summed E-state index contributed by atoms with van der Waals surface area (Å²) in [5, 5.41) is 0.734. The Hall–Kier alpha value is -1.06. The first-order valence-corrected chi connectivity index (χ1v) is 6.66. The molecule has 98 valence electrons. The number of likely N-dealkylation sites (tertiary alicyclic amines) is 1. The predicted molar refractivity (Wildman–Crippen MR) is 73.6 cm³/mol. The van der Waals surface area contributed by atoms with Gasteiger partial charge < -0.3 is 4.90 Å². The molecule has 0 N–H and O–H groups in total. The van der Waals surface area contributed by atoms with Crippen molar-refractivity contribution in [1.29, 1.82) is 0 Å². The highest BCUT2D eigenvalue weighted by atomic mass is 35.5. The number of nitrogens with zero attached hydrogens (tertiary/aromatic N) is 2. The van der Waals surface area contributed by atoms with Crippen LogP contribution in [0.2, 0.25) is 5.02 Å². The van der Waals surface area contributed by atoms with Crippen molar-refractivity contribution < 1.29 is 4.79 Å². The van der Waals surface area contributed by atoms with Gasteiger partial charge in [-0.1, -0.05) is 29.8 Å². The molecule has 0 aliphatic carbocycles. The summed E-state index contributed by atoms with van der Waals surface area (Å²) in [4.78, 5) is 16.2. The molecule has 2 rings (SSSR count). The fourth-order valence-electron chi connectivity index (χ4n) is 2.39. The quantitative estimate of drug-likeness (QED) is 0.839. The second-order valence-corrected chi connectivity index (χ2v) is 5.38. The summed E-state index contributed by atoms with van der Waals surface area (Å²) in [7, 11) is 3.92. The van der Waals surface area contributed by atoms with E-state index in [1.807, 2.05) is 48.2 Å². The van der Waals surface area contributed by atoms with Crippen molar-refractivity contribution >= 4 is 17.5 Å². The highest BCUT2D eigenvalue weighted by molar-refractivity contribution is 6.31. The normalized spacial score (nSPS) is 20.6. The summed E-state index contributed by atoms with van der Waals surface area (Å²) in [5.41, 5.74) is 1.02. The first-order valence-electron chi connectivity index (χ1n) is 6.28. The molecule has 1 fully saturated rings. The van der Waals surface area contributed by atoms with Gasteiger partial charge in [-0.2, -0.15) is 0 Å². The van der Waals surface area contributed by atoms with Gasteiger partial charge >= 0.3 is 0 Å². The van der Waals surface area contributed by atoms with E-state index in [1.165, 1.54) is 0 Å². The number of carbonyl (C=O) groups is 1. The van der Waals surface area contributed by atoms with Crippen LogP contribution in [0.25, 0.3) is 0 Å². The number of piperidine rings is 1. The lowest BCUT2D eigenvalue weighted by molar-refractivity contribution is -0.139. The zero-order valence-corrected chi connectivity index (χ0v) is 11.7. The number of rotatable bonds is 3. The first kappa shape index (κ1) is 13.4. The maximum atomic E-state index is 12.3. The van der Waals surface area contributed by atoms with E-state index >= 15 is 0 Å². The minimum atomic E-state index is 0.0150. The van der Waals surface area contributed by atoms with Gasteiger partial charge in [0.25, 0.3) is 0 Å². The molecular formula is C14H19ClN2O. The molecule has 0 bridgehead atoms. The summed E-state index contributed by atoms with van der Waals surface area (Å²) >= 11 is 6.14. The number of hydrogen-bond donors (Lipinski definition) is 0. The van der Waals surface area contributed by atoms with E-state index in [-0.39, 0.29) is 11.9 Å². The van der Waals surface area contributed by atoms with Crippen LogP contribution < -0.4 is 0 Å². The van der Waals surface area contributed by atoms with Gasteiger partial charge in [-0.15, -0.1) is 0 Å². The number of likely N-dealkylation sites (N-methyl/N-ethyl adjacent to an activating group) is 1. The van der Waals surface area contributed by atoms with Gasteiger partial charge in [-0.05, 0) is 38.6 Å². The molecule has 1 atom stereocenters. The molecule has 4 heteroatoms. The number of hydrogen-bond acceptors (Lipinski definition) is 2. The minimum Gasteiger partial charge on any atom is -0.337 e. The van der Waals surface area contributed by atoms with Crippen LogP contribution in [0, 0.1) is 0 Å². The van der Waals surface area contributed by atoms with E-state index in [0.29, 0.717) is 6.54 Å². The largest absolute Gasteiger partial charge is 0.337 e. The van der Waals surface area contributed by atoms with Crippen molar-refractivity contribution in [2.45, 2.75) is 25.4 Å². The van der Waals surface area contributed by atoms with E-state index in [0.717, 1.165) is 30.0 Å². The molecule has 1 heterocycles. The highest BCUT2D eigenvalue weighted by Gasteiger charge is 2.30. The Labute approximate surface area is 113 Å². The second-order valence-electron chi connectivity index (χ2n) is 4.97. The molecular weight excluding hydrogens is 248 g/mol. The van der Waals surface area contributed by atoms with Gasteiger partial charge in [0, 0.05) is 18.1 Å². The summed E-state index contributed by atoms with van der Waals surface area (Å²) < 4.78 is 0. The zero-order valence-electron chi connectivity index (χ0n) is 10.9. The molecule has 1 saturated heterocycles. The van der Waals surface area contributed by atoms with Crippen molar-refractivity contribution in [2.75, 3.05) is 20.6 Å². The highest BCUT2D eigenvalue weighted by Crippen LogP contribution is 2.21. The monoisotopic (exact) mass is 266 g/mol. The Kier molecular flexibility index (Phi) is 4.25. The number of amides is 1. The summed E-state index contributed by atoms with van der Waals surface area (Å²) in [6, 6.07) is 7.73. The van der Waals surface area contributed by atoms with Crippen LogP contribution in [0.3, 0.4) is 0 Å². The summed E-state index contributed by atoms with van der Waals surface area (Å²) in [6.07, 6.45) is 2.00. The predicted octanol–water partition coefficient (Wildman–Crippen LogP) is 2.39. The van der Waals surface area contributed by atoms with Crippen LogP contribution in [0.5, 0.6) is 0 Å². The van der Waals surface area contributed by atoms with Crippen molar-refractivity contribution in [1.82, 2.24) is 9.80 Å². The molecule has 0 saturated carbocycles. The van der Waals surface area contributed by atoms with Gasteiger partial charge in [-0.3, -0.25) is 9.69 Å². The second kappa shape index (κ2) is 5.72. The molecule has 1 aromatic rings. The number of benzene rings is 1. The lowest BCUT2D eigenvalue weighted by Crippen LogP contribution is -2.49. The SMILES string of the molecule is CN(C)C1CCCN(Cc2ccccc2Cl)C1=O. The van der Waals surface area contributed by atoms with Gasteiger partial charge in [-0.25, -0.2) is 0 Å². The Bertz CT molecular complexity index is 434. The van der Waals surface area contributed by atoms with Crippen LogP contribution in [0.1, 0.15) is 18.4 Å². The van der Waals surface area contributed by atoms with Crippen LogP contribution >= 0.6 is 11.6 Å². The number of halogens is 1. The average molecular weight is 267 g/mol. The number of carbonyl (C=O) groups excluding carboxylic acids is 1. The Morgan fingerprint density at radius 2 is 2.11 bits per heavy atom. The van der Waals surface area contributed by atoms with Crippen molar-refractivity contribution in [3.63, 3.8) is 0 Å². The molecule has 1 unspecified atom stereocenters. The lowest BCUT2D eigenvalue weighted by Gasteiger charge is -2.35. The van der Waals surface area contributed by atoms with Crippen LogP contribution in [-0.2, 0) is 11.3 Å². The fraction of sp³-hybridized carbons (Fsp3) is 0.500. The van der Waals surface area contributed by atoms with E-state index in [2.05, 4.69) is 0 Å². The molecule has 1 aliphatic rings. The van der Waals surface area contributed by atoms with E-state index in [9.17, 15) is 4.79 Å². The third-order valence-electron chi connectivity index (χ3n) is 3.44.